The van der Waals surface area contributed by atoms with Gasteiger partial charge in [0, 0.05) is 6.42 Å². The number of rotatable bonds is 18. The zero-order valence-electron chi connectivity index (χ0n) is 16.2. The number of halogens is 1. The van der Waals surface area contributed by atoms with Crippen molar-refractivity contribution in [3.05, 3.63) is 12.2 Å². The summed E-state index contributed by atoms with van der Waals surface area (Å²) in [6.07, 6.45) is 20.5. The van der Waals surface area contributed by atoms with Crippen molar-refractivity contribution in [1.82, 2.24) is 0 Å². The standard InChI is InChI=1S/C21H39ClO3/c1-2-3-4-5-6-7-8-9-10-11-12-13-14-15-16-17-21(24)25-19-20(23)18-22/h9-10,20,23H,2-8,11-19H2,1H3. The molecule has 0 aromatic heterocycles. The van der Waals surface area contributed by atoms with E-state index in [1.807, 2.05) is 0 Å². The van der Waals surface area contributed by atoms with Crippen LogP contribution in [0.2, 0.25) is 0 Å². The third-order valence-corrected chi connectivity index (χ3v) is 4.61. The fourth-order valence-electron chi connectivity index (χ4n) is 2.65. The van der Waals surface area contributed by atoms with Crippen LogP contribution in [0.5, 0.6) is 0 Å². The maximum atomic E-state index is 11.4. The molecule has 148 valence electrons. The summed E-state index contributed by atoms with van der Waals surface area (Å²) in [4.78, 5) is 11.4. The van der Waals surface area contributed by atoms with E-state index in [0.717, 1.165) is 12.8 Å². The molecule has 1 unspecified atom stereocenters. The van der Waals surface area contributed by atoms with Gasteiger partial charge in [-0.25, -0.2) is 0 Å². The van der Waals surface area contributed by atoms with Gasteiger partial charge < -0.3 is 9.84 Å². The smallest absolute Gasteiger partial charge is 0.305 e. The minimum Gasteiger partial charge on any atom is -0.463 e. The van der Waals surface area contributed by atoms with Crippen LogP contribution in [0.25, 0.3) is 0 Å². The number of unbranched alkanes of at least 4 members (excludes halogenated alkanes) is 11. The highest BCUT2D eigenvalue weighted by molar-refractivity contribution is 6.18. The minimum atomic E-state index is -0.750. The number of carbonyl (C=O) groups is 1. The van der Waals surface area contributed by atoms with Crippen molar-refractivity contribution >= 4 is 17.6 Å². The molecule has 0 saturated carbocycles. The number of allylic oxidation sites excluding steroid dienone is 2. The first-order valence-corrected chi connectivity index (χ1v) is 10.8. The number of aliphatic hydroxyl groups is 1. The predicted octanol–water partition coefficient (Wildman–Crippen LogP) is 6.17. The van der Waals surface area contributed by atoms with Gasteiger partial charge in [0.2, 0.25) is 0 Å². The van der Waals surface area contributed by atoms with Crippen molar-refractivity contribution in [2.45, 2.75) is 103 Å². The van der Waals surface area contributed by atoms with E-state index in [4.69, 9.17) is 16.3 Å². The van der Waals surface area contributed by atoms with Crippen LogP contribution in [0, 0.1) is 0 Å². The molecule has 0 radical (unpaired) electrons. The maximum absolute atomic E-state index is 11.4. The van der Waals surface area contributed by atoms with E-state index in [1.54, 1.807) is 0 Å². The van der Waals surface area contributed by atoms with E-state index in [1.165, 1.54) is 70.6 Å². The van der Waals surface area contributed by atoms with Crippen LogP contribution in [-0.4, -0.2) is 29.7 Å². The normalized spacial score (nSPS) is 12.6. The number of aliphatic hydroxyl groups excluding tert-OH is 1. The summed E-state index contributed by atoms with van der Waals surface area (Å²) < 4.78 is 4.93. The summed E-state index contributed by atoms with van der Waals surface area (Å²) in [5.74, 6) is -0.137. The Kier molecular flexibility index (Phi) is 19.4. The molecule has 0 spiro atoms. The van der Waals surface area contributed by atoms with E-state index in [0.29, 0.717) is 6.42 Å². The molecule has 0 heterocycles. The molecule has 0 aliphatic heterocycles. The van der Waals surface area contributed by atoms with Crippen LogP contribution in [0.1, 0.15) is 96.8 Å². The predicted molar refractivity (Wildman–Crippen MR) is 107 cm³/mol. The van der Waals surface area contributed by atoms with Crippen molar-refractivity contribution in [2.24, 2.45) is 0 Å². The highest BCUT2D eigenvalue weighted by Crippen LogP contribution is 2.10. The first-order valence-electron chi connectivity index (χ1n) is 10.2. The van der Waals surface area contributed by atoms with Gasteiger partial charge in [0.25, 0.3) is 0 Å². The summed E-state index contributed by atoms with van der Waals surface area (Å²) in [5, 5.41) is 9.20. The zero-order chi connectivity index (χ0) is 18.6. The number of ether oxygens (including phenoxy) is 1. The van der Waals surface area contributed by atoms with Gasteiger partial charge in [-0.3, -0.25) is 4.79 Å². The lowest BCUT2D eigenvalue weighted by atomic mass is 10.1. The third kappa shape index (κ3) is 19.6. The van der Waals surface area contributed by atoms with Gasteiger partial charge in [-0.05, 0) is 32.1 Å². The molecule has 0 aliphatic carbocycles. The Hall–Kier alpha value is -0.540. The average Bonchev–Trinajstić information content (AvgIpc) is 2.62. The second-order valence-electron chi connectivity index (χ2n) is 6.83. The lowest BCUT2D eigenvalue weighted by Gasteiger charge is -2.07. The number of hydrogen-bond donors (Lipinski definition) is 1. The molecule has 0 aromatic carbocycles. The molecular weight excluding hydrogens is 336 g/mol. The second kappa shape index (κ2) is 19.8. The van der Waals surface area contributed by atoms with Crippen LogP contribution < -0.4 is 0 Å². The summed E-state index contributed by atoms with van der Waals surface area (Å²) in [6.45, 7) is 2.26. The van der Waals surface area contributed by atoms with Crippen LogP contribution in [0.4, 0.5) is 0 Å². The largest absolute Gasteiger partial charge is 0.463 e. The lowest BCUT2D eigenvalue weighted by molar-refractivity contribution is -0.146. The van der Waals surface area contributed by atoms with Gasteiger partial charge >= 0.3 is 5.97 Å². The lowest BCUT2D eigenvalue weighted by Crippen LogP contribution is -2.19. The molecule has 4 heteroatoms. The Balaban J connectivity index is 3.22. The van der Waals surface area contributed by atoms with Crippen molar-refractivity contribution in [2.75, 3.05) is 12.5 Å². The Bertz CT molecular complexity index is 318. The Morgan fingerprint density at radius 1 is 0.920 bits per heavy atom. The first kappa shape index (κ1) is 24.5. The monoisotopic (exact) mass is 374 g/mol. The molecule has 25 heavy (non-hydrogen) atoms. The van der Waals surface area contributed by atoms with Gasteiger partial charge in [0.15, 0.2) is 0 Å². The Morgan fingerprint density at radius 3 is 2.00 bits per heavy atom. The average molecular weight is 375 g/mol. The van der Waals surface area contributed by atoms with Crippen molar-refractivity contribution in [1.29, 1.82) is 0 Å². The molecular formula is C21H39ClO3. The van der Waals surface area contributed by atoms with Gasteiger partial charge in [0.1, 0.15) is 12.7 Å². The van der Waals surface area contributed by atoms with Gasteiger partial charge in [-0.2, -0.15) is 0 Å². The number of carbonyl (C=O) groups excluding carboxylic acids is 1. The highest BCUT2D eigenvalue weighted by Gasteiger charge is 2.07. The van der Waals surface area contributed by atoms with Crippen LogP contribution >= 0.6 is 11.6 Å². The number of alkyl halides is 1. The maximum Gasteiger partial charge on any atom is 0.305 e. The second-order valence-corrected chi connectivity index (χ2v) is 7.13. The summed E-state index contributed by atoms with van der Waals surface area (Å²) in [5.41, 5.74) is 0. The van der Waals surface area contributed by atoms with Crippen LogP contribution in [-0.2, 0) is 9.53 Å². The molecule has 0 aromatic rings. The van der Waals surface area contributed by atoms with Gasteiger partial charge in [-0.15, -0.1) is 11.6 Å². The molecule has 0 fully saturated rings. The van der Waals surface area contributed by atoms with E-state index >= 15 is 0 Å². The molecule has 0 rings (SSSR count). The topological polar surface area (TPSA) is 46.5 Å². The first-order chi connectivity index (χ1) is 12.2. The van der Waals surface area contributed by atoms with Crippen LogP contribution in [0.3, 0.4) is 0 Å². The summed E-state index contributed by atoms with van der Waals surface area (Å²) in [7, 11) is 0. The Labute approximate surface area is 160 Å². The number of esters is 1. The molecule has 3 nitrogen and oxygen atoms in total. The summed E-state index contributed by atoms with van der Waals surface area (Å²) in [6, 6.07) is 0. The fourth-order valence-corrected chi connectivity index (χ4v) is 2.74. The molecule has 0 aliphatic rings. The molecule has 1 atom stereocenters. The summed E-state index contributed by atoms with van der Waals surface area (Å²) >= 11 is 5.44. The molecule has 0 saturated heterocycles. The zero-order valence-corrected chi connectivity index (χ0v) is 16.9. The SMILES string of the molecule is CCCCCCCCC=CCCCCCCCC(=O)OCC(O)CCl. The third-order valence-electron chi connectivity index (χ3n) is 4.26. The number of hydrogen-bond acceptors (Lipinski definition) is 3. The molecule has 1 N–H and O–H groups in total. The van der Waals surface area contributed by atoms with Crippen molar-refractivity contribution in [3.8, 4) is 0 Å². The molecule has 0 bridgehead atoms. The van der Waals surface area contributed by atoms with E-state index in [-0.39, 0.29) is 18.5 Å². The minimum absolute atomic E-state index is 0.00735. The Morgan fingerprint density at radius 2 is 1.44 bits per heavy atom. The van der Waals surface area contributed by atoms with E-state index in [2.05, 4.69) is 19.1 Å². The van der Waals surface area contributed by atoms with Crippen molar-refractivity contribution < 1.29 is 14.6 Å². The van der Waals surface area contributed by atoms with Gasteiger partial charge in [-0.1, -0.05) is 70.4 Å². The molecule has 0 amide bonds. The van der Waals surface area contributed by atoms with E-state index in [9.17, 15) is 9.90 Å². The highest BCUT2D eigenvalue weighted by atomic mass is 35.5. The van der Waals surface area contributed by atoms with E-state index < -0.39 is 6.10 Å². The fraction of sp³-hybridized carbons (Fsp3) is 0.857. The van der Waals surface area contributed by atoms with Gasteiger partial charge in [0.05, 0.1) is 5.88 Å². The van der Waals surface area contributed by atoms with Crippen LogP contribution in [0.15, 0.2) is 12.2 Å². The van der Waals surface area contributed by atoms with Crippen molar-refractivity contribution in [3.63, 3.8) is 0 Å². The quantitative estimate of drug-likeness (QED) is 0.135.